The van der Waals surface area contributed by atoms with Crippen molar-refractivity contribution in [3.8, 4) is 0 Å². The minimum absolute atomic E-state index is 0.0427. The van der Waals surface area contributed by atoms with Crippen molar-refractivity contribution in [1.82, 2.24) is 10.3 Å². The van der Waals surface area contributed by atoms with Crippen molar-refractivity contribution in [1.29, 1.82) is 0 Å². The molecule has 1 rings (SSSR count). The van der Waals surface area contributed by atoms with Crippen LogP contribution >= 0.6 is 0 Å². The number of nitrogens with one attached hydrogen (secondary N) is 1. The van der Waals surface area contributed by atoms with E-state index in [0.717, 1.165) is 17.8 Å². The summed E-state index contributed by atoms with van der Waals surface area (Å²) in [7, 11) is 0. The first-order valence-corrected chi connectivity index (χ1v) is 6.09. The second-order valence-electron chi connectivity index (χ2n) is 4.53. The molecule has 1 aromatic rings. The average molecular weight is 237 g/mol. The van der Waals surface area contributed by atoms with Gasteiger partial charge in [-0.25, -0.2) is 0 Å². The molecule has 0 aliphatic carbocycles. The number of ether oxygens (including phenoxy) is 1. The zero-order valence-corrected chi connectivity index (χ0v) is 11.2. The van der Waals surface area contributed by atoms with Gasteiger partial charge in [-0.2, -0.15) is 0 Å². The van der Waals surface area contributed by atoms with Crippen molar-refractivity contribution >= 4 is 5.69 Å². The third-order valence-electron chi connectivity index (χ3n) is 2.82. The van der Waals surface area contributed by atoms with Crippen molar-refractivity contribution < 1.29 is 4.74 Å². The number of hydrogen-bond donors (Lipinski definition) is 2. The Kier molecular flexibility index (Phi) is 4.90. The number of likely N-dealkylation sites (N-methyl/N-ethyl adjacent to an activating group) is 1. The number of nitrogens with zero attached hydrogens (tertiary/aromatic N) is 1. The Morgan fingerprint density at radius 3 is 2.71 bits per heavy atom. The summed E-state index contributed by atoms with van der Waals surface area (Å²) in [5.41, 5.74) is 7.43. The summed E-state index contributed by atoms with van der Waals surface area (Å²) in [4.78, 5) is 4.15. The van der Waals surface area contributed by atoms with Gasteiger partial charge in [-0.3, -0.25) is 4.98 Å². The quantitative estimate of drug-likeness (QED) is 0.795. The molecule has 0 aliphatic heterocycles. The molecular formula is C13H23N3O. The SMILES string of the molecule is CCNC(c1cnccc1N)C(C)(C)OCC. The molecule has 0 bridgehead atoms. The third kappa shape index (κ3) is 3.41. The highest BCUT2D eigenvalue weighted by Crippen LogP contribution is 2.31. The van der Waals surface area contributed by atoms with Crippen LogP contribution in [0.2, 0.25) is 0 Å². The molecule has 0 aliphatic rings. The number of nitrogen functional groups attached to an aromatic ring is 1. The second kappa shape index (κ2) is 5.98. The predicted octanol–water partition coefficient (Wildman–Crippen LogP) is 2.13. The van der Waals surface area contributed by atoms with Gasteiger partial charge in [0.05, 0.1) is 11.6 Å². The van der Waals surface area contributed by atoms with Gasteiger partial charge in [-0.15, -0.1) is 0 Å². The summed E-state index contributed by atoms with van der Waals surface area (Å²) in [5, 5.41) is 3.42. The first kappa shape index (κ1) is 13.9. The molecule has 1 unspecified atom stereocenters. The molecule has 1 aromatic heterocycles. The van der Waals surface area contributed by atoms with E-state index in [2.05, 4.69) is 31.1 Å². The summed E-state index contributed by atoms with van der Waals surface area (Å²) < 4.78 is 5.81. The lowest BCUT2D eigenvalue weighted by atomic mass is 9.91. The fourth-order valence-corrected chi connectivity index (χ4v) is 2.05. The zero-order chi connectivity index (χ0) is 12.9. The number of aromatic nitrogens is 1. The fourth-order valence-electron chi connectivity index (χ4n) is 2.05. The van der Waals surface area contributed by atoms with Gasteiger partial charge >= 0.3 is 0 Å². The summed E-state index contributed by atoms with van der Waals surface area (Å²) in [6, 6.07) is 1.86. The number of hydrogen-bond acceptors (Lipinski definition) is 4. The molecular weight excluding hydrogens is 214 g/mol. The summed E-state index contributed by atoms with van der Waals surface area (Å²) >= 11 is 0. The topological polar surface area (TPSA) is 60.2 Å². The van der Waals surface area contributed by atoms with E-state index >= 15 is 0 Å². The Hall–Kier alpha value is -1.13. The molecule has 0 fully saturated rings. The van der Waals surface area contributed by atoms with Crippen LogP contribution in [0.15, 0.2) is 18.5 Å². The van der Waals surface area contributed by atoms with Crippen LogP contribution in [0.3, 0.4) is 0 Å². The molecule has 0 radical (unpaired) electrons. The third-order valence-corrected chi connectivity index (χ3v) is 2.82. The standard InChI is InChI=1S/C13H23N3O/c1-5-16-12(13(3,4)17-6-2)10-9-15-8-7-11(10)14/h7-9,12,16H,5-6H2,1-4H3,(H2,14,15). The molecule has 17 heavy (non-hydrogen) atoms. The van der Waals surface area contributed by atoms with Crippen molar-refractivity contribution in [2.24, 2.45) is 0 Å². The maximum absolute atomic E-state index is 6.01. The van der Waals surface area contributed by atoms with E-state index in [1.54, 1.807) is 6.20 Å². The zero-order valence-electron chi connectivity index (χ0n) is 11.2. The summed E-state index contributed by atoms with van der Waals surface area (Å²) in [5.74, 6) is 0. The lowest BCUT2D eigenvalue weighted by Crippen LogP contribution is -2.42. The average Bonchev–Trinajstić information content (AvgIpc) is 2.27. The van der Waals surface area contributed by atoms with Gasteiger partial charge < -0.3 is 15.8 Å². The molecule has 0 amide bonds. The van der Waals surface area contributed by atoms with Crippen molar-refractivity contribution in [3.63, 3.8) is 0 Å². The monoisotopic (exact) mass is 237 g/mol. The predicted molar refractivity (Wildman–Crippen MR) is 70.8 cm³/mol. The Balaban J connectivity index is 3.04. The summed E-state index contributed by atoms with van der Waals surface area (Å²) in [6.45, 7) is 9.73. The first-order valence-electron chi connectivity index (χ1n) is 6.09. The lowest BCUT2D eigenvalue weighted by molar-refractivity contribution is -0.0387. The Labute approximate surface area is 104 Å². The van der Waals surface area contributed by atoms with Crippen LogP contribution in [0.25, 0.3) is 0 Å². The van der Waals surface area contributed by atoms with Gasteiger partial charge in [-0.1, -0.05) is 6.92 Å². The molecule has 1 heterocycles. The van der Waals surface area contributed by atoms with Crippen LogP contribution in [0.4, 0.5) is 5.69 Å². The molecule has 3 N–H and O–H groups in total. The van der Waals surface area contributed by atoms with Crippen molar-refractivity contribution in [2.75, 3.05) is 18.9 Å². The normalized spacial score (nSPS) is 13.6. The van der Waals surface area contributed by atoms with Crippen LogP contribution in [-0.4, -0.2) is 23.7 Å². The Morgan fingerprint density at radius 1 is 1.47 bits per heavy atom. The van der Waals surface area contributed by atoms with E-state index in [0.29, 0.717) is 6.61 Å². The van der Waals surface area contributed by atoms with Crippen LogP contribution in [0.5, 0.6) is 0 Å². The first-order chi connectivity index (χ1) is 8.03. The van der Waals surface area contributed by atoms with Crippen LogP contribution < -0.4 is 11.1 Å². The highest BCUT2D eigenvalue weighted by molar-refractivity contribution is 5.47. The second-order valence-corrected chi connectivity index (χ2v) is 4.53. The van der Waals surface area contributed by atoms with E-state index in [9.17, 15) is 0 Å². The van der Waals surface area contributed by atoms with Gasteiger partial charge in [0.1, 0.15) is 0 Å². The number of nitrogens with two attached hydrogens (primary N) is 1. The molecule has 96 valence electrons. The van der Waals surface area contributed by atoms with E-state index in [-0.39, 0.29) is 11.6 Å². The van der Waals surface area contributed by atoms with Gasteiger partial charge in [0.15, 0.2) is 0 Å². The van der Waals surface area contributed by atoms with E-state index in [4.69, 9.17) is 10.5 Å². The van der Waals surface area contributed by atoms with Gasteiger partial charge in [-0.05, 0) is 33.4 Å². The number of pyridine rings is 1. The number of anilines is 1. The molecule has 4 heteroatoms. The molecule has 0 saturated heterocycles. The van der Waals surface area contributed by atoms with Crippen molar-refractivity contribution in [2.45, 2.75) is 39.3 Å². The molecule has 1 atom stereocenters. The maximum atomic E-state index is 6.01. The Bertz CT molecular complexity index is 352. The van der Waals surface area contributed by atoms with Gasteiger partial charge in [0, 0.05) is 30.3 Å². The van der Waals surface area contributed by atoms with E-state index < -0.39 is 0 Å². The van der Waals surface area contributed by atoms with E-state index in [1.807, 2.05) is 19.2 Å². The lowest BCUT2D eigenvalue weighted by Gasteiger charge is -2.35. The molecule has 4 nitrogen and oxygen atoms in total. The molecule has 0 spiro atoms. The van der Waals surface area contributed by atoms with E-state index in [1.165, 1.54) is 0 Å². The highest BCUT2D eigenvalue weighted by atomic mass is 16.5. The Morgan fingerprint density at radius 2 is 2.18 bits per heavy atom. The summed E-state index contributed by atoms with van der Waals surface area (Å²) in [6.07, 6.45) is 3.51. The van der Waals surface area contributed by atoms with Gasteiger partial charge in [0.25, 0.3) is 0 Å². The minimum atomic E-state index is -0.318. The van der Waals surface area contributed by atoms with Gasteiger partial charge in [0.2, 0.25) is 0 Å². The van der Waals surface area contributed by atoms with Crippen molar-refractivity contribution in [3.05, 3.63) is 24.0 Å². The van der Waals surface area contributed by atoms with Crippen LogP contribution in [0.1, 0.15) is 39.3 Å². The van der Waals surface area contributed by atoms with Crippen LogP contribution in [-0.2, 0) is 4.74 Å². The minimum Gasteiger partial charge on any atom is -0.398 e. The highest BCUT2D eigenvalue weighted by Gasteiger charge is 2.32. The molecule has 0 aromatic carbocycles. The smallest absolute Gasteiger partial charge is 0.0821 e. The maximum Gasteiger partial charge on any atom is 0.0821 e. The molecule has 0 saturated carbocycles. The largest absolute Gasteiger partial charge is 0.398 e. The fraction of sp³-hybridized carbons (Fsp3) is 0.615. The number of rotatable bonds is 6. The van der Waals surface area contributed by atoms with Crippen LogP contribution in [0, 0.1) is 0 Å².